The van der Waals surface area contributed by atoms with Crippen molar-refractivity contribution in [1.29, 1.82) is 0 Å². The van der Waals surface area contributed by atoms with E-state index < -0.39 is 48.4 Å². The Morgan fingerprint density at radius 3 is 2.47 bits per heavy atom. The van der Waals surface area contributed by atoms with Crippen molar-refractivity contribution < 1.29 is 41.8 Å². The Hall–Kier alpha value is -3.64. The number of carbonyl (C=O) groups excluding carboxylic acids is 3. The van der Waals surface area contributed by atoms with E-state index in [2.05, 4.69) is 5.32 Å². The minimum atomic E-state index is -4.49. The van der Waals surface area contributed by atoms with Crippen LogP contribution in [-0.4, -0.2) is 76.8 Å². The van der Waals surface area contributed by atoms with Crippen molar-refractivity contribution in [2.45, 2.75) is 116 Å². The van der Waals surface area contributed by atoms with E-state index in [1.165, 1.54) is 17.0 Å². The second kappa shape index (κ2) is 14.2. The van der Waals surface area contributed by atoms with Crippen molar-refractivity contribution in [3.8, 4) is 11.6 Å². The Morgan fingerprint density at radius 2 is 1.77 bits per heavy atom. The van der Waals surface area contributed by atoms with Crippen molar-refractivity contribution in [2.24, 2.45) is 17.3 Å². The lowest BCUT2D eigenvalue weighted by Crippen LogP contribution is -2.56. The van der Waals surface area contributed by atoms with Crippen LogP contribution in [0.4, 0.5) is 18.0 Å². The molecule has 2 fully saturated rings. The number of rotatable bonds is 4. The highest BCUT2D eigenvalue weighted by molar-refractivity contribution is 5.89. The Bertz CT molecular complexity index is 1450. The maximum absolute atomic E-state index is 14.2. The zero-order valence-corrected chi connectivity index (χ0v) is 27.5. The van der Waals surface area contributed by atoms with Crippen molar-refractivity contribution in [2.75, 3.05) is 13.2 Å². The van der Waals surface area contributed by atoms with E-state index in [9.17, 15) is 27.6 Å². The van der Waals surface area contributed by atoms with Gasteiger partial charge in [0.25, 0.3) is 0 Å². The van der Waals surface area contributed by atoms with Gasteiger partial charge in [-0.15, -0.1) is 0 Å². The number of aromatic nitrogens is 2. The summed E-state index contributed by atoms with van der Waals surface area (Å²) < 4.78 is 55.8. The normalized spacial score (nSPS) is 27.9. The predicted octanol–water partition coefficient (Wildman–Crippen LogP) is 6.18. The number of hydrogen-bond donors (Lipinski definition) is 1. The number of aldehydes is 1. The molecule has 1 N–H and O–H groups in total. The molecule has 2 amide bonds. The number of nitrogens with zero attached hydrogens (tertiary/aromatic N) is 3. The Morgan fingerprint density at radius 1 is 1.00 bits per heavy atom. The molecule has 3 heterocycles. The minimum Gasteiger partial charge on any atom is -0.484 e. The molecular formula is C34H45F3N4O6. The number of ether oxygens (including phenoxy) is 3. The van der Waals surface area contributed by atoms with Crippen LogP contribution >= 0.6 is 0 Å². The summed E-state index contributed by atoms with van der Waals surface area (Å²) >= 11 is 0. The molecule has 0 unspecified atom stereocenters. The van der Waals surface area contributed by atoms with Crippen LogP contribution in [0.15, 0.2) is 18.2 Å². The number of carbonyl (C=O) groups is 3. The molecule has 13 heteroatoms. The number of benzene rings is 1. The minimum absolute atomic E-state index is 0.00109. The number of amides is 2. The molecule has 1 saturated carbocycles. The molecule has 1 aliphatic carbocycles. The second-order valence-electron chi connectivity index (χ2n) is 14.1. The van der Waals surface area contributed by atoms with Gasteiger partial charge in [-0.25, -0.2) is 14.8 Å². The molecule has 6 atom stereocenters. The maximum atomic E-state index is 14.2. The van der Waals surface area contributed by atoms with Gasteiger partial charge >= 0.3 is 12.3 Å². The third-order valence-electron chi connectivity index (χ3n) is 9.59. The molecule has 2 bridgehead atoms. The lowest BCUT2D eigenvalue weighted by atomic mass is 9.85. The molecule has 258 valence electrons. The summed E-state index contributed by atoms with van der Waals surface area (Å²) in [6.07, 6.45) is 2.09. The van der Waals surface area contributed by atoms with Crippen LogP contribution in [0.5, 0.6) is 11.6 Å². The SMILES string of the molecule is CC[C@@H]1[C@@H]2CN(C(=O)[C@H](C(C)(C)C)NC(=O)O[C@@H]3CCC[C@H]3CCCCCc3nc4ccc(OCC(F)(F)F)cc4nc3O2)[C@@H]1C=O. The number of halogens is 3. The van der Waals surface area contributed by atoms with Gasteiger partial charge in [0.2, 0.25) is 11.8 Å². The molecule has 1 saturated heterocycles. The van der Waals surface area contributed by atoms with Crippen molar-refractivity contribution in [3.63, 3.8) is 0 Å². The van der Waals surface area contributed by atoms with Crippen LogP contribution < -0.4 is 14.8 Å². The summed E-state index contributed by atoms with van der Waals surface area (Å²) in [5.74, 6) is -0.327. The highest BCUT2D eigenvalue weighted by atomic mass is 19.4. The van der Waals surface area contributed by atoms with Gasteiger partial charge in [-0.1, -0.05) is 40.5 Å². The zero-order valence-electron chi connectivity index (χ0n) is 27.5. The third-order valence-corrected chi connectivity index (χ3v) is 9.59. The van der Waals surface area contributed by atoms with Gasteiger partial charge in [-0.3, -0.25) is 4.79 Å². The number of nitrogens with one attached hydrogen (secondary N) is 1. The standard InChI is InChI=1S/C34H45F3N4O6/c1-5-22-26(18-42)41-17-28(22)46-30-24(38-23-15-14-21(16-25(23)39-30)45-19-34(35,36)37)12-8-6-7-10-20-11-9-13-27(20)47-32(44)40-29(31(41)43)33(2,3)4/h14-16,18,20,22,26-29H,5-13,17,19H2,1-4H3,(H,40,44)/t20-,22+,26-,27-,28+,29-/m1/s1. The molecule has 0 radical (unpaired) electrons. The maximum Gasteiger partial charge on any atom is 0.422 e. The van der Waals surface area contributed by atoms with Crippen LogP contribution in [0.1, 0.15) is 84.8 Å². The van der Waals surface area contributed by atoms with Crippen molar-refractivity contribution in [3.05, 3.63) is 23.9 Å². The van der Waals surface area contributed by atoms with E-state index in [1.54, 1.807) is 6.07 Å². The number of hydrogen-bond acceptors (Lipinski definition) is 8. The molecule has 3 aliphatic rings. The molecular weight excluding hydrogens is 617 g/mol. The summed E-state index contributed by atoms with van der Waals surface area (Å²) in [7, 11) is 0. The van der Waals surface area contributed by atoms with E-state index in [4.69, 9.17) is 24.2 Å². The van der Waals surface area contributed by atoms with E-state index in [1.807, 2.05) is 27.7 Å². The molecule has 5 rings (SSSR count). The van der Waals surface area contributed by atoms with Crippen LogP contribution in [0.25, 0.3) is 11.0 Å². The molecule has 2 aromatic rings. The highest BCUT2D eigenvalue weighted by Crippen LogP contribution is 2.36. The van der Waals surface area contributed by atoms with Gasteiger partial charge in [0.15, 0.2) is 6.61 Å². The topological polar surface area (TPSA) is 120 Å². The van der Waals surface area contributed by atoms with Crippen LogP contribution in [0.3, 0.4) is 0 Å². The first-order valence-electron chi connectivity index (χ1n) is 16.7. The summed E-state index contributed by atoms with van der Waals surface area (Å²) in [5, 5.41) is 2.83. The molecule has 0 spiro atoms. The van der Waals surface area contributed by atoms with Gasteiger partial charge in [0.05, 0.1) is 23.6 Å². The average Bonchev–Trinajstić information content (AvgIpc) is 3.60. The Balaban J connectivity index is 1.51. The molecule has 47 heavy (non-hydrogen) atoms. The lowest BCUT2D eigenvalue weighted by molar-refractivity contribution is -0.153. The number of aryl methyl sites for hydroxylation is 1. The number of fused-ring (bicyclic) bond motifs is 5. The van der Waals surface area contributed by atoms with Crippen LogP contribution in [-0.2, 0) is 20.7 Å². The fraction of sp³-hybridized carbons (Fsp3) is 0.676. The highest BCUT2D eigenvalue weighted by Gasteiger charge is 2.48. The van der Waals surface area contributed by atoms with Gasteiger partial charge in [0.1, 0.15) is 36.0 Å². The van der Waals surface area contributed by atoms with Crippen molar-refractivity contribution >= 4 is 29.3 Å². The molecule has 10 nitrogen and oxygen atoms in total. The Labute approximate surface area is 273 Å². The van der Waals surface area contributed by atoms with E-state index >= 15 is 0 Å². The number of alkyl halides is 3. The zero-order chi connectivity index (χ0) is 33.9. The number of alkyl carbamates (subject to hydrolysis) is 1. The molecule has 2 aliphatic heterocycles. The predicted molar refractivity (Wildman–Crippen MR) is 167 cm³/mol. The monoisotopic (exact) mass is 662 g/mol. The first kappa shape index (κ1) is 34.7. The summed E-state index contributed by atoms with van der Waals surface area (Å²) in [6, 6.07) is 2.65. The van der Waals surface area contributed by atoms with E-state index in [0.29, 0.717) is 29.6 Å². The first-order valence-corrected chi connectivity index (χ1v) is 16.7. The molecule has 1 aromatic carbocycles. The van der Waals surface area contributed by atoms with Crippen molar-refractivity contribution in [1.82, 2.24) is 20.2 Å². The van der Waals surface area contributed by atoms with E-state index in [-0.39, 0.29) is 36.1 Å². The van der Waals surface area contributed by atoms with Gasteiger partial charge in [-0.2, -0.15) is 13.2 Å². The van der Waals surface area contributed by atoms with E-state index in [0.717, 1.165) is 51.2 Å². The summed E-state index contributed by atoms with van der Waals surface area (Å²) in [6.45, 7) is 6.09. The van der Waals surface area contributed by atoms with Gasteiger partial charge in [0, 0.05) is 12.0 Å². The average molecular weight is 663 g/mol. The Kier molecular flexibility index (Phi) is 10.5. The van der Waals surface area contributed by atoms with Crippen LogP contribution in [0.2, 0.25) is 0 Å². The fourth-order valence-corrected chi connectivity index (χ4v) is 7.12. The lowest BCUT2D eigenvalue weighted by Gasteiger charge is -2.35. The largest absolute Gasteiger partial charge is 0.484 e. The third kappa shape index (κ3) is 8.27. The summed E-state index contributed by atoms with van der Waals surface area (Å²) in [5.41, 5.74) is 0.707. The van der Waals surface area contributed by atoms with Gasteiger partial charge in [-0.05, 0) is 68.4 Å². The van der Waals surface area contributed by atoms with Crippen LogP contribution in [0, 0.1) is 17.3 Å². The first-order chi connectivity index (χ1) is 22.3. The quantitative estimate of drug-likeness (QED) is 0.386. The molecule has 1 aromatic heterocycles. The van der Waals surface area contributed by atoms with Gasteiger partial charge < -0.3 is 29.2 Å². The second-order valence-corrected chi connectivity index (χ2v) is 14.1. The smallest absolute Gasteiger partial charge is 0.422 e. The fourth-order valence-electron chi connectivity index (χ4n) is 7.12. The summed E-state index contributed by atoms with van der Waals surface area (Å²) in [4.78, 5) is 50.8.